The summed E-state index contributed by atoms with van der Waals surface area (Å²) < 4.78 is 74.7. The van der Waals surface area contributed by atoms with Crippen molar-refractivity contribution in [2.75, 3.05) is 14.2 Å². The van der Waals surface area contributed by atoms with Crippen LogP contribution in [0, 0.1) is 0 Å². The van der Waals surface area contributed by atoms with E-state index in [1.54, 1.807) is 0 Å². The van der Waals surface area contributed by atoms with Gasteiger partial charge in [-0.05, 0) is 0 Å². The Bertz CT molecular complexity index is 518. The number of halogens is 5. The zero-order chi connectivity index (χ0) is 16.2. The second-order valence-electron chi connectivity index (χ2n) is 3.63. The monoisotopic (exact) mass is 315 g/mol. The number of carbonyl (C=O) groups is 1. The molecule has 118 valence electrons. The summed E-state index contributed by atoms with van der Waals surface area (Å²) in [7, 11) is 2.02. The average Bonchev–Trinajstić information content (AvgIpc) is 2.36. The molecule has 0 aliphatic carbocycles. The minimum absolute atomic E-state index is 0.401. The van der Waals surface area contributed by atoms with Gasteiger partial charge >= 0.3 is 12.3 Å². The zero-order valence-corrected chi connectivity index (χ0v) is 10.8. The molecular weight excluding hydrogens is 305 g/mol. The van der Waals surface area contributed by atoms with E-state index in [9.17, 15) is 26.7 Å². The number of esters is 1. The first-order valence-electron chi connectivity index (χ1n) is 5.36. The van der Waals surface area contributed by atoms with Gasteiger partial charge in [0.2, 0.25) is 0 Å². The van der Waals surface area contributed by atoms with Crippen molar-refractivity contribution in [2.24, 2.45) is 0 Å². The van der Waals surface area contributed by atoms with Gasteiger partial charge < -0.3 is 14.2 Å². The fourth-order valence-electron chi connectivity index (χ4n) is 1.44. The van der Waals surface area contributed by atoms with Gasteiger partial charge in [0.15, 0.2) is 11.5 Å². The topological polar surface area (TPSA) is 57.7 Å². The number of rotatable bonds is 5. The van der Waals surface area contributed by atoms with Crippen LogP contribution in [0.4, 0.5) is 22.0 Å². The fourth-order valence-corrected chi connectivity index (χ4v) is 1.44. The maximum atomic E-state index is 12.7. The summed E-state index contributed by atoms with van der Waals surface area (Å²) in [5.41, 5.74) is -1.42. The Labute approximate surface area is 115 Å². The van der Waals surface area contributed by atoms with Crippen LogP contribution in [0.5, 0.6) is 11.5 Å². The van der Waals surface area contributed by atoms with Crippen molar-refractivity contribution in [2.45, 2.75) is 19.2 Å². The average molecular weight is 315 g/mol. The molecule has 0 saturated heterocycles. The van der Waals surface area contributed by atoms with E-state index in [0.717, 1.165) is 14.2 Å². The SMILES string of the molecule is COC(=O)Cc1nc(C(F)F)cc(OC(F)(F)F)c1OC. The maximum absolute atomic E-state index is 12.7. The van der Waals surface area contributed by atoms with Crippen LogP contribution in [-0.4, -0.2) is 31.5 Å². The standard InChI is InChI=1S/C11H10F5NO4/c1-19-8(18)4-5-9(20-2)7(21-11(14,15)16)3-6(17-5)10(12)13/h3,10H,4H2,1-2H3. The van der Waals surface area contributed by atoms with Crippen LogP contribution in [-0.2, 0) is 16.0 Å². The Kier molecular flexibility index (Phi) is 5.28. The Balaban J connectivity index is 3.35. The molecule has 0 atom stereocenters. The van der Waals surface area contributed by atoms with E-state index in [1.807, 2.05) is 0 Å². The summed E-state index contributed by atoms with van der Waals surface area (Å²) >= 11 is 0. The van der Waals surface area contributed by atoms with Gasteiger partial charge in [-0.1, -0.05) is 0 Å². The molecule has 0 spiro atoms. The number of aromatic nitrogens is 1. The molecule has 21 heavy (non-hydrogen) atoms. The van der Waals surface area contributed by atoms with Gasteiger partial charge in [0.05, 0.1) is 26.3 Å². The predicted octanol–water partition coefficient (Wildman–Crippen LogP) is 2.64. The molecule has 0 radical (unpaired) electrons. The highest BCUT2D eigenvalue weighted by Gasteiger charge is 2.34. The number of hydrogen-bond donors (Lipinski definition) is 0. The lowest BCUT2D eigenvalue weighted by molar-refractivity contribution is -0.275. The van der Waals surface area contributed by atoms with Crippen molar-refractivity contribution in [3.8, 4) is 11.5 Å². The Morgan fingerprint density at radius 1 is 1.33 bits per heavy atom. The van der Waals surface area contributed by atoms with Gasteiger partial charge in [-0.25, -0.2) is 13.8 Å². The number of methoxy groups -OCH3 is 2. The molecular formula is C11H10F5NO4. The van der Waals surface area contributed by atoms with Gasteiger partial charge in [-0.2, -0.15) is 0 Å². The normalized spacial score (nSPS) is 11.4. The third kappa shape index (κ3) is 4.72. The van der Waals surface area contributed by atoms with Crippen molar-refractivity contribution in [1.29, 1.82) is 0 Å². The molecule has 1 aromatic rings. The van der Waals surface area contributed by atoms with Crippen LogP contribution in [0.15, 0.2) is 6.07 Å². The molecule has 1 heterocycles. The second-order valence-corrected chi connectivity index (χ2v) is 3.63. The van der Waals surface area contributed by atoms with Crippen LogP contribution in [0.2, 0.25) is 0 Å². The lowest BCUT2D eigenvalue weighted by Crippen LogP contribution is -2.19. The van der Waals surface area contributed by atoms with Crippen LogP contribution in [0.25, 0.3) is 0 Å². The highest BCUT2D eigenvalue weighted by molar-refractivity contribution is 5.73. The first-order valence-corrected chi connectivity index (χ1v) is 5.36. The van der Waals surface area contributed by atoms with E-state index >= 15 is 0 Å². The van der Waals surface area contributed by atoms with Gasteiger partial charge in [-0.15, -0.1) is 13.2 Å². The van der Waals surface area contributed by atoms with Crippen LogP contribution >= 0.6 is 0 Å². The summed E-state index contributed by atoms with van der Waals surface area (Å²) in [6.07, 6.45) is -8.91. The number of hydrogen-bond acceptors (Lipinski definition) is 5. The summed E-state index contributed by atoms with van der Waals surface area (Å²) in [6, 6.07) is 0.401. The summed E-state index contributed by atoms with van der Waals surface area (Å²) in [5.74, 6) is -2.46. The van der Waals surface area contributed by atoms with E-state index < -0.39 is 48.1 Å². The van der Waals surface area contributed by atoms with Crippen LogP contribution in [0.1, 0.15) is 17.8 Å². The van der Waals surface area contributed by atoms with Crippen molar-refractivity contribution in [3.05, 3.63) is 17.5 Å². The van der Waals surface area contributed by atoms with Crippen molar-refractivity contribution in [1.82, 2.24) is 4.98 Å². The number of alkyl halides is 5. The molecule has 10 heteroatoms. The van der Waals surface area contributed by atoms with E-state index in [0.29, 0.717) is 6.07 Å². The Morgan fingerprint density at radius 3 is 2.38 bits per heavy atom. The molecule has 0 aliphatic rings. The van der Waals surface area contributed by atoms with E-state index in [4.69, 9.17) is 0 Å². The molecule has 1 aromatic heterocycles. The molecule has 1 rings (SSSR count). The Morgan fingerprint density at radius 2 is 1.95 bits per heavy atom. The molecule has 0 N–H and O–H groups in total. The number of ether oxygens (including phenoxy) is 3. The third-order valence-electron chi connectivity index (χ3n) is 2.22. The van der Waals surface area contributed by atoms with Crippen LogP contribution < -0.4 is 9.47 Å². The van der Waals surface area contributed by atoms with Gasteiger partial charge in [-0.3, -0.25) is 4.79 Å². The van der Waals surface area contributed by atoms with E-state index in [1.165, 1.54) is 0 Å². The molecule has 0 amide bonds. The minimum Gasteiger partial charge on any atom is -0.491 e. The third-order valence-corrected chi connectivity index (χ3v) is 2.22. The van der Waals surface area contributed by atoms with Gasteiger partial charge in [0.1, 0.15) is 5.69 Å². The quantitative estimate of drug-likeness (QED) is 0.617. The smallest absolute Gasteiger partial charge is 0.491 e. The Hall–Kier alpha value is -2.13. The molecule has 0 bridgehead atoms. The fraction of sp³-hybridized carbons (Fsp3) is 0.455. The van der Waals surface area contributed by atoms with Crippen molar-refractivity contribution in [3.63, 3.8) is 0 Å². The van der Waals surface area contributed by atoms with E-state index in [-0.39, 0.29) is 0 Å². The number of pyridine rings is 1. The highest BCUT2D eigenvalue weighted by Crippen LogP contribution is 2.37. The summed E-state index contributed by atoms with van der Waals surface area (Å²) in [6.45, 7) is 0. The van der Waals surface area contributed by atoms with Gasteiger partial charge in [0, 0.05) is 6.07 Å². The van der Waals surface area contributed by atoms with Crippen molar-refractivity contribution >= 4 is 5.97 Å². The molecule has 0 aliphatic heterocycles. The predicted molar refractivity (Wildman–Crippen MR) is 58.1 cm³/mol. The summed E-state index contributed by atoms with van der Waals surface area (Å²) in [5, 5.41) is 0. The number of carbonyl (C=O) groups excluding carboxylic acids is 1. The minimum atomic E-state index is -5.11. The molecule has 5 nitrogen and oxygen atoms in total. The first-order chi connectivity index (χ1) is 9.67. The van der Waals surface area contributed by atoms with E-state index in [2.05, 4.69) is 19.2 Å². The maximum Gasteiger partial charge on any atom is 0.573 e. The largest absolute Gasteiger partial charge is 0.573 e. The molecule has 0 unspecified atom stereocenters. The van der Waals surface area contributed by atoms with Crippen molar-refractivity contribution < 1.29 is 41.0 Å². The summed E-state index contributed by atoms with van der Waals surface area (Å²) in [4.78, 5) is 14.6. The van der Waals surface area contributed by atoms with Crippen LogP contribution in [0.3, 0.4) is 0 Å². The lowest BCUT2D eigenvalue weighted by Gasteiger charge is -2.16. The number of nitrogens with zero attached hydrogens (tertiary/aromatic N) is 1. The first kappa shape index (κ1) is 16.9. The molecule has 0 aromatic carbocycles. The molecule has 0 fully saturated rings. The van der Waals surface area contributed by atoms with Gasteiger partial charge in [0.25, 0.3) is 6.43 Å². The second kappa shape index (κ2) is 6.55. The zero-order valence-electron chi connectivity index (χ0n) is 10.8. The lowest BCUT2D eigenvalue weighted by atomic mass is 10.2. The highest BCUT2D eigenvalue weighted by atomic mass is 19.4. The molecule has 0 saturated carbocycles.